The molecule has 0 aliphatic rings. The molecule has 0 aliphatic carbocycles. The molecule has 0 saturated heterocycles. The molecule has 0 bridgehead atoms. The number of halogens is 1. The smallest absolute Gasteiger partial charge is 0.196 e. The van der Waals surface area contributed by atoms with Crippen molar-refractivity contribution in [1.82, 2.24) is 19.7 Å². The van der Waals surface area contributed by atoms with Crippen molar-refractivity contribution in [2.75, 3.05) is 14.2 Å². The van der Waals surface area contributed by atoms with E-state index in [1.807, 2.05) is 59.2 Å². The molecule has 6 nitrogen and oxygen atoms in total. The van der Waals surface area contributed by atoms with Crippen molar-refractivity contribution >= 4 is 23.4 Å². The molecule has 0 spiro atoms. The van der Waals surface area contributed by atoms with Gasteiger partial charge in [-0.1, -0.05) is 41.6 Å². The van der Waals surface area contributed by atoms with Crippen LogP contribution in [0.4, 0.5) is 0 Å². The van der Waals surface area contributed by atoms with Gasteiger partial charge < -0.3 is 9.47 Å². The van der Waals surface area contributed by atoms with Gasteiger partial charge in [0.25, 0.3) is 0 Å². The lowest BCUT2D eigenvalue weighted by Gasteiger charge is -2.13. The van der Waals surface area contributed by atoms with Gasteiger partial charge in [0.1, 0.15) is 16.7 Å². The van der Waals surface area contributed by atoms with Gasteiger partial charge in [0.05, 0.1) is 25.5 Å². The average Bonchev–Trinajstić information content (AvgIpc) is 3.22. The second-order valence-corrected chi connectivity index (χ2v) is 7.65. The molecule has 0 fully saturated rings. The lowest BCUT2D eigenvalue weighted by atomic mass is 10.2. The van der Waals surface area contributed by atoms with E-state index in [0.717, 1.165) is 33.5 Å². The summed E-state index contributed by atoms with van der Waals surface area (Å²) in [6.07, 6.45) is 1.77. The second kappa shape index (κ2) is 9.19. The van der Waals surface area contributed by atoms with Crippen molar-refractivity contribution in [3.05, 3.63) is 77.6 Å². The van der Waals surface area contributed by atoms with Gasteiger partial charge in [0.2, 0.25) is 0 Å². The summed E-state index contributed by atoms with van der Waals surface area (Å²) in [7, 11) is 3.30. The topological polar surface area (TPSA) is 62.1 Å². The third-order valence-corrected chi connectivity index (χ3v) is 5.69. The number of hydrogen-bond donors (Lipinski definition) is 0. The standard InChI is InChI=1S/C22H19ClN4O2S/c1-28-17-10-8-16(9-11-17)27-21(18-5-3-4-6-19(18)29-2)25-26-22(27)30-14-15-7-12-20(23)24-13-15/h3-13H,14H2,1-2H3. The minimum absolute atomic E-state index is 0.476. The number of para-hydroxylation sites is 1. The first-order chi connectivity index (χ1) is 14.7. The zero-order valence-electron chi connectivity index (χ0n) is 16.4. The number of aromatic nitrogens is 4. The van der Waals surface area contributed by atoms with Crippen LogP contribution in [0.15, 0.2) is 72.0 Å². The molecule has 0 atom stereocenters. The fraction of sp³-hybridized carbons (Fsp3) is 0.136. The van der Waals surface area contributed by atoms with Crippen LogP contribution in [-0.4, -0.2) is 34.0 Å². The number of pyridine rings is 1. The lowest BCUT2D eigenvalue weighted by molar-refractivity contribution is 0.414. The van der Waals surface area contributed by atoms with Crippen LogP contribution in [0.25, 0.3) is 17.1 Å². The highest BCUT2D eigenvalue weighted by atomic mass is 35.5. The molecular formula is C22H19ClN4O2S. The third-order valence-electron chi connectivity index (χ3n) is 4.47. The van der Waals surface area contributed by atoms with Crippen molar-refractivity contribution < 1.29 is 9.47 Å². The normalized spacial score (nSPS) is 10.8. The Hall–Kier alpha value is -3.03. The minimum atomic E-state index is 0.476. The number of methoxy groups -OCH3 is 2. The van der Waals surface area contributed by atoms with E-state index in [-0.39, 0.29) is 0 Å². The molecule has 0 aliphatic heterocycles. The largest absolute Gasteiger partial charge is 0.497 e. The van der Waals surface area contributed by atoms with Gasteiger partial charge in [-0.05, 0) is 48.0 Å². The molecule has 2 aromatic heterocycles. The van der Waals surface area contributed by atoms with E-state index in [0.29, 0.717) is 16.7 Å². The monoisotopic (exact) mass is 438 g/mol. The van der Waals surface area contributed by atoms with Crippen LogP contribution in [0.1, 0.15) is 5.56 Å². The van der Waals surface area contributed by atoms with Gasteiger partial charge in [-0.25, -0.2) is 4.98 Å². The first-order valence-corrected chi connectivity index (χ1v) is 10.5. The first-order valence-electron chi connectivity index (χ1n) is 9.16. The fourth-order valence-corrected chi connectivity index (χ4v) is 3.97. The number of nitrogens with zero attached hydrogens (tertiary/aromatic N) is 4. The van der Waals surface area contributed by atoms with Crippen molar-refractivity contribution in [1.29, 1.82) is 0 Å². The molecule has 4 rings (SSSR count). The zero-order chi connectivity index (χ0) is 20.9. The summed E-state index contributed by atoms with van der Waals surface area (Å²) in [6.45, 7) is 0. The summed E-state index contributed by atoms with van der Waals surface area (Å²) in [5, 5.41) is 10.2. The Kier molecular flexibility index (Phi) is 6.21. The summed E-state index contributed by atoms with van der Waals surface area (Å²) < 4.78 is 12.9. The minimum Gasteiger partial charge on any atom is -0.497 e. The Labute approximate surface area is 183 Å². The Morgan fingerprint density at radius 2 is 1.73 bits per heavy atom. The summed E-state index contributed by atoms with van der Waals surface area (Å²) in [4.78, 5) is 4.15. The molecule has 4 aromatic rings. The summed E-state index contributed by atoms with van der Waals surface area (Å²) in [5.74, 6) is 2.91. The molecule has 0 amide bonds. The number of benzene rings is 2. The fourth-order valence-electron chi connectivity index (χ4n) is 2.97. The van der Waals surface area contributed by atoms with Gasteiger partial charge in [0, 0.05) is 11.9 Å². The number of rotatable bonds is 7. The SMILES string of the molecule is COc1ccc(-n2c(SCc3ccc(Cl)nc3)nnc2-c2ccccc2OC)cc1. The highest BCUT2D eigenvalue weighted by Gasteiger charge is 2.19. The van der Waals surface area contributed by atoms with Crippen LogP contribution < -0.4 is 9.47 Å². The molecule has 152 valence electrons. The molecule has 8 heteroatoms. The van der Waals surface area contributed by atoms with Gasteiger partial charge in [-0.3, -0.25) is 4.57 Å². The van der Waals surface area contributed by atoms with Crippen LogP contribution in [0, 0.1) is 0 Å². The third kappa shape index (κ3) is 4.27. The molecule has 0 unspecified atom stereocenters. The van der Waals surface area contributed by atoms with E-state index < -0.39 is 0 Å². The van der Waals surface area contributed by atoms with Crippen molar-refractivity contribution in [3.8, 4) is 28.6 Å². The van der Waals surface area contributed by atoms with E-state index in [9.17, 15) is 0 Å². The molecule has 2 aromatic carbocycles. The van der Waals surface area contributed by atoms with Crippen LogP contribution >= 0.6 is 23.4 Å². The maximum absolute atomic E-state index is 5.89. The van der Waals surface area contributed by atoms with Gasteiger partial charge in [-0.2, -0.15) is 0 Å². The molecule has 2 heterocycles. The Bertz CT molecular complexity index is 1130. The Morgan fingerprint density at radius 3 is 2.43 bits per heavy atom. The van der Waals surface area contributed by atoms with E-state index >= 15 is 0 Å². The summed E-state index contributed by atoms with van der Waals surface area (Å²) in [6, 6.07) is 19.3. The molecule has 0 N–H and O–H groups in total. The quantitative estimate of drug-likeness (QED) is 0.288. The van der Waals surface area contributed by atoms with Crippen molar-refractivity contribution in [2.45, 2.75) is 10.9 Å². The predicted octanol–water partition coefficient (Wildman–Crippen LogP) is 5.29. The van der Waals surface area contributed by atoms with Crippen LogP contribution in [-0.2, 0) is 5.75 Å². The Morgan fingerprint density at radius 1 is 0.933 bits per heavy atom. The average molecular weight is 439 g/mol. The molecular weight excluding hydrogens is 420 g/mol. The van der Waals surface area contributed by atoms with E-state index in [2.05, 4.69) is 15.2 Å². The number of ether oxygens (including phenoxy) is 2. The summed E-state index contributed by atoms with van der Waals surface area (Å²) >= 11 is 7.47. The molecule has 0 saturated carbocycles. The molecule has 30 heavy (non-hydrogen) atoms. The Balaban J connectivity index is 1.75. The van der Waals surface area contributed by atoms with Crippen LogP contribution in [0.5, 0.6) is 11.5 Å². The summed E-state index contributed by atoms with van der Waals surface area (Å²) in [5.41, 5.74) is 2.84. The van der Waals surface area contributed by atoms with Gasteiger partial charge >= 0.3 is 0 Å². The second-order valence-electron chi connectivity index (χ2n) is 6.32. The van der Waals surface area contributed by atoms with E-state index in [4.69, 9.17) is 21.1 Å². The molecule has 0 radical (unpaired) electrons. The predicted molar refractivity (Wildman–Crippen MR) is 119 cm³/mol. The van der Waals surface area contributed by atoms with Gasteiger partial charge in [-0.15, -0.1) is 10.2 Å². The lowest BCUT2D eigenvalue weighted by Crippen LogP contribution is -2.01. The number of thioether (sulfide) groups is 1. The zero-order valence-corrected chi connectivity index (χ0v) is 18.0. The number of hydrogen-bond acceptors (Lipinski definition) is 6. The van der Waals surface area contributed by atoms with Crippen molar-refractivity contribution in [3.63, 3.8) is 0 Å². The van der Waals surface area contributed by atoms with E-state index in [1.54, 1.807) is 38.2 Å². The van der Waals surface area contributed by atoms with Crippen LogP contribution in [0.3, 0.4) is 0 Å². The first kappa shape index (κ1) is 20.3. The maximum Gasteiger partial charge on any atom is 0.196 e. The maximum atomic E-state index is 5.89. The van der Waals surface area contributed by atoms with Crippen LogP contribution in [0.2, 0.25) is 5.15 Å². The van der Waals surface area contributed by atoms with Gasteiger partial charge in [0.15, 0.2) is 11.0 Å². The van der Waals surface area contributed by atoms with E-state index in [1.165, 1.54) is 0 Å². The highest BCUT2D eigenvalue weighted by Crippen LogP contribution is 2.34. The van der Waals surface area contributed by atoms with Crippen molar-refractivity contribution in [2.24, 2.45) is 0 Å². The highest BCUT2D eigenvalue weighted by molar-refractivity contribution is 7.98.